The predicted molar refractivity (Wildman–Crippen MR) is 92.5 cm³/mol. The number of thiocarbonyl (C=S) groups is 1. The van der Waals surface area contributed by atoms with Crippen LogP contribution in [-0.4, -0.2) is 42.1 Å². The number of nitrogens with one attached hydrogen (secondary N) is 1. The van der Waals surface area contributed by atoms with Gasteiger partial charge in [-0.15, -0.1) is 0 Å². The summed E-state index contributed by atoms with van der Waals surface area (Å²) in [6, 6.07) is 5.91. The van der Waals surface area contributed by atoms with E-state index in [2.05, 4.69) is 10.2 Å². The van der Waals surface area contributed by atoms with Gasteiger partial charge in [0.15, 0.2) is 10.9 Å². The number of piperidine rings is 1. The molecule has 1 aromatic carbocycles. The number of aryl methyl sites for hydroxylation is 1. The van der Waals surface area contributed by atoms with Crippen molar-refractivity contribution in [2.45, 2.75) is 32.0 Å². The van der Waals surface area contributed by atoms with Crippen LogP contribution in [0.5, 0.6) is 0 Å². The van der Waals surface area contributed by atoms with Gasteiger partial charge in [0.1, 0.15) is 0 Å². The Morgan fingerprint density at radius 2 is 1.95 bits per heavy atom. The van der Waals surface area contributed by atoms with Gasteiger partial charge in [0.25, 0.3) is 0 Å². The number of halogens is 1. The fraction of sp³-hybridized carbons (Fsp3) is 0.562. The van der Waals surface area contributed by atoms with Gasteiger partial charge in [-0.1, -0.05) is 17.7 Å². The zero-order valence-corrected chi connectivity index (χ0v) is 14.3. The number of anilines is 1. The molecule has 2 aliphatic heterocycles. The van der Waals surface area contributed by atoms with E-state index in [9.17, 15) is 0 Å². The largest absolute Gasteiger partial charge is 0.350 e. The molecule has 3 rings (SSSR count). The first-order valence-electron chi connectivity index (χ1n) is 7.68. The highest BCUT2D eigenvalue weighted by Gasteiger charge is 2.38. The van der Waals surface area contributed by atoms with Gasteiger partial charge in [0, 0.05) is 25.9 Å². The fourth-order valence-corrected chi connectivity index (χ4v) is 3.45. The van der Waals surface area contributed by atoms with Crippen molar-refractivity contribution < 1.29 is 9.47 Å². The van der Waals surface area contributed by atoms with Crippen molar-refractivity contribution in [2.24, 2.45) is 0 Å². The van der Waals surface area contributed by atoms with Gasteiger partial charge < -0.3 is 19.7 Å². The minimum Gasteiger partial charge on any atom is -0.350 e. The maximum atomic E-state index is 6.25. The standard InChI is InChI=1S/C16H21ClN2O2S/c1-12-3-4-14(13(17)11-12)18-15(22)19-7-5-16(6-8-19)20-9-2-10-21-16/h3-4,11H,2,5-10H2,1H3,(H,18,22). The summed E-state index contributed by atoms with van der Waals surface area (Å²) in [6.45, 7) is 5.26. The summed E-state index contributed by atoms with van der Waals surface area (Å²) in [5, 5.41) is 4.64. The minimum atomic E-state index is -0.383. The molecule has 1 spiro atoms. The average molecular weight is 341 g/mol. The van der Waals surface area contributed by atoms with Gasteiger partial charge in [-0.2, -0.15) is 0 Å². The quantitative estimate of drug-likeness (QED) is 0.790. The first kappa shape index (κ1) is 16.0. The molecule has 4 nitrogen and oxygen atoms in total. The minimum absolute atomic E-state index is 0.383. The molecule has 0 saturated carbocycles. The van der Waals surface area contributed by atoms with Crippen LogP contribution in [0.3, 0.4) is 0 Å². The Hall–Kier alpha value is -0.880. The molecule has 2 heterocycles. The molecule has 22 heavy (non-hydrogen) atoms. The van der Waals surface area contributed by atoms with Crippen LogP contribution in [0.4, 0.5) is 5.69 Å². The average Bonchev–Trinajstić information content (AvgIpc) is 2.51. The summed E-state index contributed by atoms with van der Waals surface area (Å²) < 4.78 is 11.7. The number of nitrogens with zero attached hydrogens (tertiary/aromatic N) is 1. The Balaban J connectivity index is 1.57. The highest BCUT2D eigenvalue weighted by Crippen LogP contribution is 2.31. The van der Waals surface area contributed by atoms with Crippen LogP contribution in [-0.2, 0) is 9.47 Å². The molecule has 0 radical (unpaired) electrons. The molecular weight excluding hydrogens is 320 g/mol. The third-order valence-electron chi connectivity index (χ3n) is 4.20. The van der Waals surface area contributed by atoms with Crippen molar-refractivity contribution in [1.29, 1.82) is 0 Å². The number of hydrogen-bond donors (Lipinski definition) is 1. The number of rotatable bonds is 1. The van der Waals surface area contributed by atoms with Crippen LogP contribution in [0, 0.1) is 6.92 Å². The molecule has 0 bridgehead atoms. The highest BCUT2D eigenvalue weighted by atomic mass is 35.5. The molecule has 0 aromatic heterocycles. The third-order valence-corrected chi connectivity index (χ3v) is 4.87. The van der Waals surface area contributed by atoms with Gasteiger partial charge in [0.05, 0.1) is 23.9 Å². The smallest absolute Gasteiger partial charge is 0.173 e. The van der Waals surface area contributed by atoms with Crippen molar-refractivity contribution in [3.05, 3.63) is 28.8 Å². The highest BCUT2D eigenvalue weighted by molar-refractivity contribution is 7.80. The van der Waals surface area contributed by atoms with Gasteiger partial charge in [0.2, 0.25) is 0 Å². The van der Waals surface area contributed by atoms with E-state index in [1.165, 1.54) is 0 Å². The van der Waals surface area contributed by atoms with Gasteiger partial charge in [-0.25, -0.2) is 0 Å². The first-order valence-corrected chi connectivity index (χ1v) is 8.47. The fourth-order valence-electron chi connectivity index (χ4n) is 2.87. The van der Waals surface area contributed by atoms with E-state index in [4.69, 9.17) is 33.3 Å². The maximum Gasteiger partial charge on any atom is 0.173 e. The van der Waals surface area contributed by atoms with Crippen LogP contribution < -0.4 is 5.32 Å². The number of likely N-dealkylation sites (tertiary alicyclic amines) is 1. The molecule has 6 heteroatoms. The lowest BCUT2D eigenvalue weighted by Gasteiger charge is -2.44. The van der Waals surface area contributed by atoms with Crippen LogP contribution >= 0.6 is 23.8 Å². The second kappa shape index (κ2) is 6.71. The lowest BCUT2D eigenvalue weighted by Crippen LogP contribution is -2.52. The maximum absolute atomic E-state index is 6.25. The Morgan fingerprint density at radius 1 is 1.27 bits per heavy atom. The zero-order valence-electron chi connectivity index (χ0n) is 12.7. The summed E-state index contributed by atoms with van der Waals surface area (Å²) in [6.07, 6.45) is 2.67. The van der Waals surface area contributed by atoms with Gasteiger partial charge >= 0.3 is 0 Å². The second-order valence-electron chi connectivity index (χ2n) is 5.86. The first-order chi connectivity index (χ1) is 10.6. The Labute approximate surface area is 141 Å². The summed E-state index contributed by atoms with van der Waals surface area (Å²) >= 11 is 11.8. The molecule has 1 aromatic rings. The number of benzene rings is 1. The lowest BCUT2D eigenvalue weighted by atomic mass is 10.0. The second-order valence-corrected chi connectivity index (χ2v) is 6.66. The van der Waals surface area contributed by atoms with Crippen LogP contribution in [0.1, 0.15) is 24.8 Å². The summed E-state index contributed by atoms with van der Waals surface area (Å²) in [5.74, 6) is -0.383. The van der Waals surface area contributed by atoms with Crippen LogP contribution in [0.25, 0.3) is 0 Å². The van der Waals surface area contributed by atoms with E-state index in [0.29, 0.717) is 10.1 Å². The third kappa shape index (κ3) is 3.54. The van der Waals surface area contributed by atoms with E-state index in [-0.39, 0.29) is 5.79 Å². The molecule has 0 amide bonds. The monoisotopic (exact) mass is 340 g/mol. The Bertz CT molecular complexity index is 551. The molecule has 0 atom stereocenters. The van der Waals surface area contributed by atoms with Crippen molar-refractivity contribution in [3.8, 4) is 0 Å². The van der Waals surface area contributed by atoms with Gasteiger partial charge in [-0.3, -0.25) is 0 Å². The Kier molecular flexibility index (Phi) is 4.88. The molecular formula is C16H21ClN2O2S. The predicted octanol–water partition coefficient (Wildman–Crippen LogP) is 3.57. The van der Waals surface area contributed by atoms with Crippen molar-refractivity contribution in [3.63, 3.8) is 0 Å². The number of ether oxygens (including phenoxy) is 2. The van der Waals surface area contributed by atoms with Crippen LogP contribution in [0.2, 0.25) is 5.02 Å². The lowest BCUT2D eigenvalue weighted by molar-refractivity contribution is -0.281. The summed E-state index contributed by atoms with van der Waals surface area (Å²) in [4.78, 5) is 2.15. The van der Waals surface area contributed by atoms with E-state index in [0.717, 1.165) is 56.8 Å². The van der Waals surface area contributed by atoms with Gasteiger partial charge in [-0.05, 0) is 43.3 Å². The molecule has 0 aliphatic carbocycles. The van der Waals surface area contributed by atoms with E-state index in [1.807, 2.05) is 25.1 Å². The summed E-state index contributed by atoms with van der Waals surface area (Å²) in [7, 11) is 0. The molecule has 2 aliphatic rings. The molecule has 2 saturated heterocycles. The van der Waals surface area contributed by atoms with Crippen molar-refractivity contribution in [2.75, 3.05) is 31.6 Å². The number of hydrogen-bond acceptors (Lipinski definition) is 3. The summed E-state index contributed by atoms with van der Waals surface area (Å²) in [5.41, 5.74) is 1.98. The molecule has 2 fully saturated rings. The SMILES string of the molecule is Cc1ccc(NC(=S)N2CCC3(CC2)OCCCO3)c(Cl)c1. The van der Waals surface area contributed by atoms with E-state index < -0.39 is 0 Å². The topological polar surface area (TPSA) is 33.7 Å². The zero-order chi connectivity index (χ0) is 15.6. The normalized spacial score (nSPS) is 20.9. The van der Waals surface area contributed by atoms with E-state index in [1.54, 1.807) is 0 Å². The molecule has 1 N–H and O–H groups in total. The molecule has 0 unspecified atom stereocenters. The van der Waals surface area contributed by atoms with Crippen molar-refractivity contribution >= 4 is 34.6 Å². The van der Waals surface area contributed by atoms with Crippen LogP contribution in [0.15, 0.2) is 18.2 Å². The molecule has 120 valence electrons. The Morgan fingerprint density at radius 3 is 2.59 bits per heavy atom. The van der Waals surface area contributed by atoms with Crippen molar-refractivity contribution in [1.82, 2.24) is 4.90 Å². The van der Waals surface area contributed by atoms with E-state index >= 15 is 0 Å².